The van der Waals surface area contributed by atoms with Crippen LogP contribution in [0.25, 0.3) is 0 Å². The van der Waals surface area contributed by atoms with Gasteiger partial charge in [-0.2, -0.15) is 0 Å². The molecule has 1 fully saturated rings. The van der Waals surface area contributed by atoms with Gasteiger partial charge in [-0.1, -0.05) is 0 Å². The number of aromatic nitrogens is 2. The Labute approximate surface area is 116 Å². The lowest BCUT2D eigenvalue weighted by molar-refractivity contribution is -0.139. The number of carbonyl (C=O) groups is 2. The summed E-state index contributed by atoms with van der Waals surface area (Å²) in [5.41, 5.74) is 0.657. The maximum Gasteiger partial charge on any atom is 0.326 e. The molecule has 0 spiro atoms. The van der Waals surface area contributed by atoms with Gasteiger partial charge in [-0.05, 0) is 6.42 Å². The molecule has 1 aliphatic rings. The van der Waals surface area contributed by atoms with Crippen molar-refractivity contribution in [1.82, 2.24) is 20.2 Å². The van der Waals surface area contributed by atoms with Crippen LogP contribution in [0, 0.1) is 0 Å². The molecule has 110 valence electrons. The van der Waals surface area contributed by atoms with E-state index in [1.807, 2.05) is 0 Å². The summed E-state index contributed by atoms with van der Waals surface area (Å²) in [4.78, 5) is 31.4. The second-order valence-corrected chi connectivity index (χ2v) is 4.75. The minimum Gasteiger partial charge on any atom is -0.480 e. The Morgan fingerprint density at radius 3 is 3.05 bits per heavy atom. The van der Waals surface area contributed by atoms with Crippen LogP contribution in [0.4, 0.5) is 4.79 Å². The van der Waals surface area contributed by atoms with E-state index in [9.17, 15) is 14.7 Å². The zero-order valence-electron chi connectivity index (χ0n) is 11.2. The second-order valence-electron chi connectivity index (χ2n) is 4.75. The van der Waals surface area contributed by atoms with Crippen molar-refractivity contribution in [3.05, 3.63) is 18.2 Å². The van der Waals surface area contributed by atoms with Crippen molar-refractivity contribution >= 4 is 12.0 Å². The van der Waals surface area contributed by atoms with Gasteiger partial charge in [0.05, 0.1) is 19.0 Å². The molecule has 8 heteroatoms. The van der Waals surface area contributed by atoms with Crippen molar-refractivity contribution in [2.24, 2.45) is 0 Å². The number of carboxylic acid groups (broad SMARTS) is 1. The summed E-state index contributed by atoms with van der Waals surface area (Å²) < 4.78 is 5.21. The highest BCUT2D eigenvalue weighted by Crippen LogP contribution is 2.11. The zero-order chi connectivity index (χ0) is 14.5. The van der Waals surface area contributed by atoms with Gasteiger partial charge in [-0.15, -0.1) is 0 Å². The number of aromatic amines is 1. The zero-order valence-corrected chi connectivity index (χ0v) is 11.2. The minimum atomic E-state index is -1.08. The van der Waals surface area contributed by atoms with Crippen molar-refractivity contribution in [3.63, 3.8) is 0 Å². The lowest BCUT2D eigenvalue weighted by Crippen LogP contribution is -2.50. The Hall–Kier alpha value is -2.09. The van der Waals surface area contributed by atoms with Crippen LogP contribution in [0.1, 0.15) is 12.1 Å². The van der Waals surface area contributed by atoms with Crippen LogP contribution >= 0.6 is 0 Å². The first kappa shape index (κ1) is 14.3. The third kappa shape index (κ3) is 3.47. The number of hydrogen-bond donors (Lipinski definition) is 3. The molecule has 1 aromatic rings. The molecule has 1 saturated heterocycles. The fourth-order valence-corrected chi connectivity index (χ4v) is 2.06. The molecule has 2 unspecified atom stereocenters. The molecule has 1 aliphatic heterocycles. The first-order valence-electron chi connectivity index (χ1n) is 6.39. The van der Waals surface area contributed by atoms with E-state index >= 15 is 0 Å². The molecule has 0 aliphatic carbocycles. The molecule has 2 rings (SSSR count). The van der Waals surface area contributed by atoms with Gasteiger partial charge in [-0.25, -0.2) is 14.6 Å². The highest BCUT2D eigenvalue weighted by molar-refractivity contribution is 5.82. The van der Waals surface area contributed by atoms with Gasteiger partial charge >= 0.3 is 12.0 Å². The summed E-state index contributed by atoms with van der Waals surface area (Å²) in [6.45, 7) is 1.11. The molecule has 0 radical (unpaired) electrons. The van der Waals surface area contributed by atoms with Crippen LogP contribution in [0.2, 0.25) is 0 Å². The number of hydrogen-bond acceptors (Lipinski definition) is 4. The molecule has 3 N–H and O–H groups in total. The Morgan fingerprint density at radius 1 is 1.70 bits per heavy atom. The van der Waals surface area contributed by atoms with Crippen molar-refractivity contribution in [3.8, 4) is 0 Å². The van der Waals surface area contributed by atoms with E-state index in [2.05, 4.69) is 15.3 Å². The molecule has 20 heavy (non-hydrogen) atoms. The number of imidazole rings is 1. The largest absolute Gasteiger partial charge is 0.480 e. The average Bonchev–Trinajstić information content (AvgIpc) is 3.09. The average molecular weight is 282 g/mol. The van der Waals surface area contributed by atoms with Crippen LogP contribution in [0.15, 0.2) is 12.5 Å². The highest BCUT2D eigenvalue weighted by atomic mass is 16.5. The number of carbonyl (C=O) groups excluding carboxylic acids is 1. The molecule has 0 saturated carbocycles. The number of amides is 2. The Morgan fingerprint density at radius 2 is 2.50 bits per heavy atom. The maximum atomic E-state index is 12.0. The van der Waals surface area contributed by atoms with E-state index in [1.165, 1.54) is 17.4 Å². The number of carboxylic acids is 1. The van der Waals surface area contributed by atoms with Crippen molar-refractivity contribution in [1.29, 1.82) is 0 Å². The van der Waals surface area contributed by atoms with Crippen LogP contribution in [0.3, 0.4) is 0 Å². The summed E-state index contributed by atoms with van der Waals surface area (Å²) in [5.74, 6) is -1.08. The smallest absolute Gasteiger partial charge is 0.326 e. The van der Waals surface area contributed by atoms with Gasteiger partial charge in [0.1, 0.15) is 6.04 Å². The van der Waals surface area contributed by atoms with Crippen LogP contribution in [-0.4, -0.2) is 64.3 Å². The summed E-state index contributed by atoms with van der Waals surface area (Å²) >= 11 is 0. The number of ether oxygens (including phenoxy) is 1. The number of likely N-dealkylation sites (N-methyl/N-ethyl adjacent to an activating group) is 1. The maximum absolute atomic E-state index is 12.0. The Balaban J connectivity index is 1.93. The molecule has 0 bridgehead atoms. The van der Waals surface area contributed by atoms with Gasteiger partial charge < -0.3 is 25.0 Å². The van der Waals surface area contributed by atoms with Gasteiger partial charge in [0, 0.05) is 32.0 Å². The number of aliphatic carboxylic acids is 1. The quantitative estimate of drug-likeness (QED) is 0.695. The molecule has 2 amide bonds. The van der Waals surface area contributed by atoms with Crippen molar-refractivity contribution < 1.29 is 19.4 Å². The molecular formula is C12H18N4O4. The molecule has 2 heterocycles. The van der Waals surface area contributed by atoms with Gasteiger partial charge in [0.15, 0.2) is 0 Å². The second kappa shape index (κ2) is 6.38. The molecule has 1 aromatic heterocycles. The summed E-state index contributed by atoms with van der Waals surface area (Å²) in [6, 6.07) is -1.41. The summed E-state index contributed by atoms with van der Waals surface area (Å²) in [6.07, 6.45) is 3.94. The third-order valence-electron chi connectivity index (χ3n) is 3.35. The standard InChI is InChI=1S/C12H18N4O4/c1-16(9-2-3-20-6-9)12(19)15-10(11(17)18)4-8-5-13-7-14-8/h5,7,9-10H,2-4,6H2,1H3,(H,13,14)(H,15,19)(H,17,18). The van der Waals surface area contributed by atoms with Crippen molar-refractivity contribution in [2.75, 3.05) is 20.3 Å². The molecule has 8 nitrogen and oxygen atoms in total. The lowest BCUT2D eigenvalue weighted by atomic mass is 10.1. The predicted molar refractivity (Wildman–Crippen MR) is 69.2 cm³/mol. The topological polar surface area (TPSA) is 108 Å². The predicted octanol–water partition coefficient (Wildman–Crippen LogP) is -0.164. The number of urea groups is 1. The number of rotatable bonds is 5. The number of H-pyrrole nitrogens is 1. The number of nitrogens with one attached hydrogen (secondary N) is 2. The number of nitrogens with zero attached hydrogens (tertiary/aromatic N) is 2. The highest BCUT2D eigenvalue weighted by Gasteiger charge is 2.28. The van der Waals surface area contributed by atoms with E-state index < -0.39 is 18.0 Å². The fourth-order valence-electron chi connectivity index (χ4n) is 2.06. The Kier molecular flexibility index (Phi) is 4.57. The Bertz CT molecular complexity index is 456. The summed E-state index contributed by atoms with van der Waals surface area (Å²) in [7, 11) is 1.64. The van der Waals surface area contributed by atoms with Gasteiger partial charge in [0.25, 0.3) is 0 Å². The first-order chi connectivity index (χ1) is 9.58. The monoisotopic (exact) mass is 282 g/mol. The lowest BCUT2D eigenvalue weighted by Gasteiger charge is -2.25. The van der Waals surface area contributed by atoms with E-state index in [0.717, 1.165) is 6.42 Å². The molecule has 0 aromatic carbocycles. The fraction of sp³-hybridized carbons (Fsp3) is 0.583. The van der Waals surface area contributed by atoms with Crippen LogP contribution in [-0.2, 0) is 16.0 Å². The molecular weight excluding hydrogens is 264 g/mol. The first-order valence-corrected chi connectivity index (χ1v) is 6.39. The SMILES string of the molecule is CN(C(=O)NC(Cc1cnc[nH]1)C(=O)O)C1CCOC1. The molecule has 2 atom stereocenters. The van der Waals surface area contributed by atoms with E-state index in [4.69, 9.17) is 4.74 Å². The van der Waals surface area contributed by atoms with E-state index in [1.54, 1.807) is 7.05 Å². The van der Waals surface area contributed by atoms with Gasteiger partial charge in [-0.3, -0.25) is 0 Å². The minimum absolute atomic E-state index is 0.00315. The normalized spacial score (nSPS) is 19.6. The summed E-state index contributed by atoms with van der Waals surface area (Å²) in [5, 5.41) is 11.7. The van der Waals surface area contributed by atoms with Crippen molar-refractivity contribution in [2.45, 2.75) is 24.9 Å². The third-order valence-corrected chi connectivity index (χ3v) is 3.35. The van der Waals surface area contributed by atoms with E-state index in [0.29, 0.717) is 18.9 Å². The van der Waals surface area contributed by atoms with Gasteiger partial charge in [0.2, 0.25) is 0 Å². The van der Waals surface area contributed by atoms with E-state index in [-0.39, 0.29) is 12.5 Å². The van der Waals surface area contributed by atoms with Crippen LogP contribution < -0.4 is 5.32 Å². The van der Waals surface area contributed by atoms with Crippen LogP contribution in [0.5, 0.6) is 0 Å².